The first-order chi connectivity index (χ1) is 7.98. The van der Waals surface area contributed by atoms with Gasteiger partial charge in [0.05, 0.1) is 9.82 Å². The predicted molar refractivity (Wildman–Crippen MR) is 58.4 cm³/mol. The first-order valence-corrected chi connectivity index (χ1v) is 6.31. The minimum absolute atomic E-state index is 0.267. The fourth-order valence-electron chi connectivity index (χ4n) is 1.02. The zero-order chi connectivity index (χ0) is 14.3. The molecular formula is C7H4BrF3N2O4S. The molecule has 6 nitrogen and oxygen atoms in total. The fourth-order valence-corrected chi connectivity index (χ4v) is 2.43. The highest BCUT2D eigenvalue weighted by Gasteiger charge is 2.47. The summed E-state index contributed by atoms with van der Waals surface area (Å²) >= 11 is 2.66. The van der Waals surface area contributed by atoms with Crippen LogP contribution in [0, 0.1) is 10.1 Å². The fraction of sp³-hybridized carbons (Fsp3) is 0.143. The van der Waals surface area contributed by atoms with Crippen molar-refractivity contribution < 1.29 is 26.5 Å². The van der Waals surface area contributed by atoms with E-state index >= 15 is 0 Å². The Morgan fingerprint density at radius 2 is 1.83 bits per heavy atom. The number of benzene rings is 1. The van der Waals surface area contributed by atoms with Crippen LogP contribution in [-0.4, -0.2) is 18.8 Å². The molecule has 0 fully saturated rings. The maximum Gasteiger partial charge on any atom is 0.501 e. The molecule has 2 N–H and O–H groups in total. The van der Waals surface area contributed by atoms with Crippen molar-refractivity contribution in [3.63, 3.8) is 0 Å². The van der Waals surface area contributed by atoms with Crippen molar-refractivity contribution in [1.82, 2.24) is 0 Å². The van der Waals surface area contributed by atoms with Crippen molar-refractivity contribution in [3.8, 4) is 0 Å². The molecule has 1 aromatic carbocycles. The molecule has 0 amide bonds. The molecule has 1 aromatic rings. The molecule has 0 aliphatic carbocycles. The van der Waals surface area contributed by atoms with E-state index in [1.54, 1.807) is 0 Å². The first-order valence-electron chi connectivity index (χ1n) is 4.03. The van der Waals surface area contributed by atoms with Gasteiger partial charge in [0.25, 0.3) is 15.5 Å². The lowest BCUT2D eigenvalue weighted by Crippen LogP contribution is -2.23. The second-order valence-electron chi connectivity index (χ2n) is 3.04. The van der Waals surface area contributed by atoms with Gasteiger partial charge in [-0.1, -0.05) is 0 Å². The van der Waals surface area contributed by atoms with Crippen LogP contribution in [0.25, 0.3) is 0 Å². The Bertz CT molecular complexity index is 614. The summed E-state index contributed by atoms with van der Waals surface area (Å²) in [6, 6.07) is 0.827. The molecule has 0 saturated carbocycles. The van der Waals surface area contributed by atoms with Crippen LogP contribution in [0.2, 0.25) is 0 Å². The topological polar surface area (TPSA) is 103 Å². The van der Waals surface area contributed by atoms with Crippen molar-refractivity contribution in [2.24, 2.45) is 0 Å². The van der Waals surface area contributed by atoms with Gasteiger partial charge in [0.2, 0.25) is 0 Å². The third kappa shape index (κ3) is 2.41. The van der Waals surface area contributed by atoms with E-state index in [-0.39, 0.29) is 10.5 Å². The van der Waals surface area contributed by atoms with Gasteiger partial charge in [-0.25, -0.2) is 8.42 Å². The Morgan fingerprint density at radius 1 is 1.33 bits per heavy atom. The van der Waals surface area contributed by atoms with Crippen LogP contribution in [0.1, 0.15) is 0 Å². The molecule has 0 unspecified atom stereocenters. The van der Waals surface area contributed by atoms with Crippen molar-refractivity contribution in [2.45, 2.75) is 10.4 Å². The summed E-state index contributed by atoms with van der Waals surface area (Å²) in [6.07, 6.45) is 0. The molecular weight excluding hydrogens is 345 g/mol. The highest BCUT2D eigenvalue weighted by Crippen LogP contribution is 2.37. The van der Waals surface area contributed by atoms with Gasteiger partial charge in [0.15, 0.2) is 0 Å². The quantitative estimate of drug-likeness (QED) is 0.501. The average molecular weight is 349 g/mol. The lowest BCUT2D eigenvalue weighted by molar-refractivity contribution is -0.384. The Morgan fingerprint density at radius 3 is 2.22 bits per heavy atom. The third-order valence-electron chi connectivity index (χ3n) is 1.89. The highest BCUT2D eigenvalue weighted by molar-refractivity contribution is 9.10. The van der Waals surface area contributed by atoms with Gasteiger partial charge in [-0.2, -0.15) is 13.2 Å². The number of rotatable bonds is 2. The van der Waals surface area contributed by atoms with E-state index in [1.165, 1.54) is 0 Å². The SMILES string of the molecule is Nc1c(Br)cc(S(=O)(=O)C(F)(F)F)cc1[N+](=O)[O-]. The standard InChI is InChI=1S/C7H4BrF3N2O4S/c8-4-1-3(18(16,17)7(9,10)11)2-5(6(4)12)13(14)15/h1-2H,12H2. The highest BCUT2D eigenvalue weighted by atomic mass is 79.9. The van der Waals surface area contributed by atoms with Crippen LogP contribution in [0.15, 0.2) is 21.5 Å². The summed E-state index contributed by atoms with van der Waals surface area (Å²) in [5.41, 5.74) is -1.69. The second-order valence-corrected chi connectivity index (χ2v) is 5.84. The number of nitro groups is 1. The van der Waals surface area contributed by atoms with Gasteiger partial charge in [-0.15, -0.1) is 0 Å². The first kappa shape index (κ1) is 14.7. The van der Waals surface area contributed by atoms with Crippen LogP contribution in [-0.2, 0) is 9.84 Å². The van der Waals surface area contributed by atoms with Crippen molar-refractivity contribution in [2.75, 3.05) is 5.73 Å². The predicted octanol–water partition coefficient (Wildman–Crippen LogP) is 2.23. The lowest BCUT2D eigenvalue weighted by atomic mass is 10.3. The summed E-state index contributed by atoms with van der Waals surface area (Å²) in [5.74, 6) is 0. The van der Waals surface area contributed by atoms with Gasteiger partial charge >= 0.3 is 5.51 Å². The second kappa shape index (κ2) is 4.39. The largest absolute Gasteiger partial charge is 0.501 e. The number of hydrogen-bond acceptors (Lipinski definition) is 5. The number of anilines is 1. The number of halogens is 4. The molecule has 0 aliphatic heterocycles. The van der Waals surface area contributed by atoms with Gasteiger partial charge in [0, 0.05) is 10.5 Å². The monoisotopic (exact) mass is 348 g/mol. The van der Waals surface area contributed by atoms with Crippen LogP contribution >= 0.6 is 15.9 Å². The number of nitrogen functional groups attached to an aromatic ring is 1. The zero-order valence-corrected chi connectivity index (χ0v) is 10.6. The average Bonchev–Trinajstić information content (AvgIpc) is 2.19. The van der Waals surface area contributed by atoms with E-state index in [1.807, 2.05) is 0 Å². The molecule has 0 radical (unpaired) electrons. The molecule has 0 aliphatic rings. The zero-order valence-electron chi connectivity index (χ0n) is 8.23. The molecule has 0 spiro atoms. The van der Waals surface area contributed by atoms with E-state index in [0.717, 1.165) is 0 Å². The Hall–Kier alpha value is -1.36. The summed E-state index contributed by atoms with van der Waals surface area (Å²) in [5, 5.41) is 10.5. The number of nitrogens with zero attached hydrogens (tertiary/aromatic N) is 1. The number of nitrogens with two attached hydrogens (primary N) is 1. The smallest absolute Gasteiger partial charge is 0.392 e. The van der Waals surface area contributed by atoms with Crippen molar-refractivity contribution >= 4 is 37.1 Å². The summed E-state index contributed by atoms with van der Waals surface area (Å²) in [7, 11) is -5.66. The van der Waals surface area contributed by atoms with Crippen LogP contribution in [0.4, 0.5) is 24.5 Å². The van der Waals surface area contributed by atoms with E-state index in [2.05, 4.69) is 15.9 Å². The Labute approximate surface area is 107 Å². The third-order valence-corrected chi connectivity index (χ3v) is 4.01. The molecule has 0 aromatic heterocycles. The maximum absolute atomic E-state index is 12.3. The molecule has 1 rings (SSSR count). The molecule has 11 heteroatoms. The molecule has 100 valence electrons. The number of alkyl halides is 3. The van der Waals surface area contributed by atoms with Crippen LogP contribution in [0.5, 0.6) is 0 Å². The molecule has 0 saturated heterocycles. The van der Waals surface area contributed by atoms with Gasteiger partial charge in [0.1, 0.15) is 5.69 Å². The number of sulfone groups is 1. The van der Waals surface area contributed by atoms with Crippen LogP contribution < -0.4 is 5.73 Å². The van der Waals surface area contributed by atoms with Crippen molar-refractivity contribution in [1.29, 1.82) is 0 Å². The minimum atomic E-state index is -5.66. The van der Waals surface area contributed by atoms with E-state index in [0.29, 0.717) is 6.07 Å². The van der Waals surface area contributed by atoms with Gasteiger partial charge < -0.3 is 5.73 Å². The normalized spacial score (nSPS) is 12.4. The van der Waals surface area contributed by atoms with E-state index in [4.69, 9.17) is 5.73 Å². The number of nitro benzene ring substituents is 1. The van der Waals surface area contributed by atoms with Gasteiger partial charge in [-0.3, -0.25) is 10.1 Å². The molecule has 0 atom stereocenters. The molecule has 0 bridgehead atoms. The summed E-state index contributed by atoms with van der Waals surface area (Å²) in [4.78, 5) is 8.21. The van der Waals surface area contributed by atoms with Crippen LogP contribution in [0.3, 0.4) is 0 Å². The maximum atomic E-state index is 12.3. The van der Waals surface area contributed by atoms with Crippen molar-refractivity contribution in [3.05, 3.63) is 26.7 Å². The van der Waals surface area contributed by atoms with Gasteiger partial charge in [-0.05, 0) is 22.0 Å². The van der Waals surface area contributed by atoms with E-state index in [9.17, 15) is 31.7 Å². The minimum Gasteiger partial charge on any atom is -0.392 e. The number of hydrogen-bond donors (Lipinski definition) is 1. The lowest BCUT2D eigenvalue weighted by Gasteiger charge is -2.09. The Balaban J connectivity index is 3.61. The Kier molecular flexibility index (Phi) is 3.58. The van der Waals surface area contributed by atoms with E-state index < -0.39 is 36.5 Å². The summed E-state index contributed by atoms with van der Waals surface area (Å²) < 4.78 is 58.7. The molecule has 18 heavy (non-hydrogen) atoms. The summed E-state index contributed by atoms with van der Waals surface area (Å²) in [6.45, 7) is 0. The molecule has 0 heterocycles.